The molecule has 3 fully saturated rings. The molecule has 1 N–H and O–H groups in total. The molecule has 2 atom stereocenters. The van der Waals surface area contributed by atoms with Crippen LogP contribution in [-0.4, -0.2) is 53.2 Å². The Kier molecular flexibility index (Phi) is 4.16. The first-order chi connectivity index (χ1) is 10.5. The molecule has 0 saturated carbocycles. The molecule has 1 unspecified atom stereocenters. The fraction of sp³-hybridized carbons (Fsp3) is 0.643. The molecule has 22 heavy (non-hydrogen) atoms. The highest BCUT2D eigenvalue weighted by atomic mass is 32.1. The number of carbonyl (C=O) groups excluding carboxylic acids is 1. The van der Waals surface area contributed by atoms with Crippen LogP contribution in [0, 0.1) is 16.0 Å². The Bertz CT molecular complexity index is 556. The summed E-state index contributed by atoms with van der Waals surface area (Å²) in [5.41, 5.74) is -2.20. The van der Waals surface area contributed by atoms with Crippen LogP contribution >= 0.6 is 11.3 Å². The van der Waals surface area contributed by atoms with E-state index in [2.05, 4.69) is 4.90 Å². The molecule has 1 aromatic rings. The van der Waals surface area contributed by atoms with E-state index in [1.54, 1.807) is 11.4 Å². The van der Waals surface area contributed by atoms with Gasteiger partial charge in [0.25, 0.3) is 5.60 Å². The number of fused-ring (bicyclic) bond motifs is 3. The second kappa shape index (κ2) is 5.94. The van der Waals surface area contributed by atoms with Crippen molar-refractivity contribution in [2.75, 3.05) is 26.2 Å². The van der Waals surface area contributed by atoms with Gasteiger partial charge in [-0.1, -0.05) is 6.07 Å². The summed E-state index contributed by atoms with van der Waals surface area (Å²) < 4.78 is 5.49. The van der Waals surface area contributed by atoms with Gasteiger partial charge in [0.2, 0.25) is 6.54 Å². The first kappa shape index (κ1) is 15.4. The quantitative estimate of drug-likeness (QED) is 0.490. The maximum Gasteiger partial charge on any atom is 0.351 e. The van der Waals surface area contributed by atoms with E-state index >= 15 is 0 Å². The first-order valence-corrected chi connectivity index (χ1v) is 8.18. The monoisotopic (exact) mass is 326 g/mol. The third-order valence-corrected chi connectivity index (χ3v) is 5.50. The van der Waals surface area contributed by atoms with E-state index in [-0.39, 0.29) is 16.9 Å². The summed E-state index contributed by atoms with van der Waals surface area (Å²) in [5.74, 6) is -0.623. The van der Waals surface area contributed by atoms with Gasteiger partial charge in [0, 0.05) is 11.5 Å². The molecule has 0 radical (unpaired) electrons. The van der Waals surface area contributed by atoms with E-state index in [1.807, 2.05) is 0 Å². The lowest BCUT2D eigenvalue weighted by Gasteiger charge is -2.44. The average Bonchev–Trinajstić information content (AvgIpc) is 3.02. The van der Waals surface area contributed by atoms with Crippen molar-refractivity contribution in [1.82, 2.24) is 4.90 Å². The highest BCUT2D eigenvalue weighted by molar-refractivity contribution is 7.10. The van der Waals surface area contributed by atoms with Crippen molar-refractivity contribution in [3.63, 3.8) is 0 Å². The number of nitro groups is 1. The van der Waals surface area contributed by atoms with Gasteiger partial charge >= 0.3 is 5.97 Å². The summed E-state index contributed by atoms with van der Waals surface area (Å²) >= 11 is 1.11. The van der Waals surface area contributed by atoms with Gasteiger partial charge in [-0.2, -0.15) is 0 Å². The Hall–Kier alpha value is -1.51. The van der Waals surface area contributed by atoms with Crippen LogP contribution in [0.2, 0.25) is 0 Å². The van der Waals surface area contributed by atoms with Crippen LogP contribution in [0.3, 0.4) is 0 Å². The van der Waals surface area contributed by atoms with Gasteiger partial charge in [0.05, 0.1) is 4.88 Å². The first-order valence-electron chi connectivity index (χ1n) is 7.30. The molecular formula is C14H18N2O5S. The zero-order chi connectivity index (χ0) is 15.7. The number of aliphatic hydroxyl groups is 1. The highest BCUT2D eigenvalue weighted by Gasteiger charge is 2.48. The topological polar surface area (TPSA) is 92.9 Å². The van der Waals surface area contributed by atoms with Crippen molar-refractivity contribution >= 4 is 17.3 Å². The van der Waals surface area contributed by atoms with E-state index < -0.39 is 23.0 Å². The Balaban J connectivity index is 1.76. The second-order valence-corrected chi connectivity index (χ2v) is 6.86. The molecular weight excluding hydrogens is 308 g/mol. The number of nitrogens with zero attached hydrogens (tertiary/aromatic N) is 2. The predicted octanol–water partition coefficient (Wildman–Crippen LogP) is 0.850. The molecule has 1 aromatic heterocycles. The second-order valence-electron chi connectivity index (χ2n) is 5.91. The summed E-state index contributed by atoms with van der Waals surface area (Å²) in [5, 5.41) is 23.1. The zero-order valence-corrected chi connectivity index (χ0v) is 12.8. The molecule has 3 aliphatic rings. The molecule has 4 heterocycles. The van der Waals surface area contributed by atoms with Crippen molar-refractivity contribution in [2.24, 2.45) is 5.92 Å². The third kappa shape index (κ3) is 2.86. The van der Waals surface area contributed by atoms with E-state index in [1.165, 1.54) is 6.07 Å². The van der Waals surface area contributed by atoms with E-state index in [0.29, 0.717) is 6.54 Å². The number of rotatable bonds is 5. The van der Waals surface area contributed by atoms with Crippen LogP contribution in [0.1, 0.15) is 17.7 Å². The third-order valence-electron chi connectivity index (χ3n) is 4.48. The molecule has 3 saturated heterocycles. The number of hydrogen-bond acceptors (Lipinski definition) is 7. The van der Waals surface area contributed by atoms with Crippen molar-refractivity contribution in [2.45, 2.75) is 24.5 Å². The number of carbonyl (C=O) groups is 1. The molecule has 120 valence electrons. The lowest BCUT2D eigenvalue weighted by atomic mass is 9.85. The summed E-state index contributed by atoms with van der Waals surface area (Å²) in [6.45, 7) is 1.77. The lowest BCUT2D eigenvalue weighted by molar-refractivity contribution is -0.499. The van der Waals surface area contributed by atoms with Gasteiger partial charge in [0.1, 0.15) is 6.10 Å². The number of hydrogen-bond donors (Lipinski definition) is 1. The predicted molar refractivity (Wildman–Crippen MR) is 79.1 cm³/mol. The maximum absolute atomic E-state index is 12.5. The Morgan fingerprint density at radius 1 is 1.55 bits per heavy atom. The van der Waals surface area contributed by atoms with Crippen LogP contribution in [0.4, 0.5) is 0 Å². The van der Waals surface area contributed by atoms with Crippen LogP contribution in [-0.2, 0) is 15.1 Å². The molecule has 3 aliphatic heterocycles. The molecule has 0 aromatic carbocycles. The Morgan fingerprint density at radius 2 is 2.27 bits per heavy atom. The van der Waals surface area contributed by atoms with Crippen molar-refractivity contribution in [3.8, 4) is 0 Å². The summed E-state index contributed by atoms with van der Waals surface area (Å²) in [4.78, 5) is 25.1. The molecule has 2 bridgehead atoms. The van der Waals surface area contributed by atoms with Crippen LogP contribution in [0.5, 0.6) is 0 Å². The van der Waals surface area contributed by atoms with Gasteiger partial charge in [-0.3, -0.25) is 15.0 Å². The highest BCUT2D eigenvalue weighted by Crippen LogP contribution is 2.33. The number of esters is 1. The smallest absolute Gasteiger partial charge is 0.351 e. The Labute approximate surface area is 131 Å². The molecule has 8 heteroatoms. The van der Waals surface area contributed by atoms with Crippen LogP contribution in [0.15, 0.2) is 17.5 Å². The molecule has 0 aliphatic carbocycles. The van der Waals surface area contributed by atoms with Crippen LogP contribution < -0.4 is 0 Å². The van der Waals surface area contributed by atoms with Gasteiger partial charge < -0.3 is 9.84 Å². The largest absolute Gasteiger partial charge is 0.458 e. The minimum atomic E-state index is -2.20. The van der Waals surface area contributed by atoms with E-state index in [4.69, 9.17) is 4.74 Å². The van der Waals surface area contributed by atoms with Gasteiger partial charge in [0.15, 0.2) is 0 Å². The van der Waals surface area contributed by atoms with Gasteiger partial charge in [-0.15, -0.1) is 11.3 Å². The molecule has 7 nitrogen and oxygen atoms in total. The standard InChI is InChI=1S/C14H18N2O5S/c17-13(21-11-8-15-5-3-10(11)4-6-15)14(18,9-16(19)20)12-2-1-7-22-12/h1-2,7,10-11,18H,3-6,8-9H2/t11-,14?/m0/s1. The average molecular weight is 326 g/mol. The van der Waals surface area contributed by atoms with E-state index in [0.717, 1.165) is 37.3 Å². The summed E-state index contributed by atoms with van der Waals surface area (Å²) in [7, 11) is 0. The SMILES string of the molecule is O=C(O[C@H]1CN2CCC1CC2)C(O)(C[N+](=O)[O-])c1cccs1. The van der Waals surface area contributed by atoms with Crippen molar-refractivity contribution in [3.05, 3.63) is 32.5 Å². The number of piperidine rings is 3. The number of ether oxygens (including phenoxy) is 1. The molecule has 0 amide bonds. The van der Waals surface area contributed by atoms with Crippen molar-refractivity contribution in [1.29, 1.82) is 0 Å². The van der Waals surface area contributed by atoms with Crippen LogP contribution in [0.25, 0.3) is 0 Å². The Morgan fingerprint density at radius 3 is 2.77 bits per heavy atom. The van der Waals surface area contributed by atoms with Gasteiger partial charge in [-0.05, 0) is 43.3 Å². The zero-order valence-electron chi connectivity index (χ0n) is 12.0. The number of thiophene rings is 1. The van der Waals surface area contributed by atoms with E-state index in [9.17, 15) is 20.0 Å². The fourth-order valence-electron chi connectivity index (χ4n) is 3.22. The minimum Gasteiger partial charge on any atom is -0.458 e. The van der Waals surface area contributed by atoms with Crippen molar-refractivity contribution < 1.29 is 19.6 Å². The molecule has 4 rings (SSSR count). The fourth-order valence-corrected chi connectivity index (χ4v) is 4.03. The van der Waals surface area contributed by atoms with Gasteiger partial charge in [-0.25, -0.2) is 4.79 Å². The lowest BCUT2D eigenvalue weighted by Crippen LogP contribution is -2.54. The maximum atomic E-state index is 12.5. The summed E-state index contributed by atoms with van der Waals surface area (Å²) in [6.07, 6.45) is 1.64. The molecule has 0 spiro atoms. The normalized spacial score (nSPS) is 29.8. The summed E-state index contributed by atoms with van der Waals surface area (Å²) in [6, 6.07) is 3.17. The minimum absolute atomic E-state index is 0.246.